The molecule has 0 aliphatic carbocycles. The Morgan fingerprint density at radius 3 is 2.38 bits per heavy atom. The van der Waals surface area contributed by atoms with Crippen LogP contribution in [0.2, 0.25) is 0 Å². The number of hydrogen-bond donors (Lipinski definition) is 2. The number of benzene rings is 2. The van der Waals surface area contributed by atoms with Crippen molar-refractivity contribution in [3.63, 3.8) is 0 Å². The van der Waals surface area contributed by atoms with Crippen molar-refractivity contribution >= 4 is 21.6 Å². The van der Waals surface area contributed by atoms with Gasteiger partial charge in [-0.3, -0.25) is 4.79 Å². The van der Waals surface area contributed by atoms with Crippen molar-refractivity contribution in [1.29, 1.82) is 5.26 Å². The molecule has 0 radical (unpaired) electrons. The smallest absolute Gasteiger partial charge is 0.259 e. The van der Waals surface area contributed by atoms with Gasteiger partial charge in [0.05, 0.1) is 22.1 Å². The van der Waals surface area contributed by atoms with Gasteiger partial charge in [0.1, 0.15) is 5.75 Å². The van der Waals surface area contributed by atoms with Crippen LogP contribution in [0.25, 0.3) is 0 Å². The average molecular weight is 371 g/mol. The summed E-state index contributed by atoms with van der Waals surface area (Å²) < 4.78 is 26.6. The molecule has 7 nitrogen and oxygen atoms in total. The van der Waals surface area contributed by atoms with E-state index in [0.29, 0.717) is 24.3 Å². The lowest BCUT2D eigenvalue weighted by atomic mass is 10.1. The molecule has 2 N–H and O–H groups in total. The van der Waals surface area contributed by atoms with Gasteiger partial charge in [0.2, 0.25) is 10.0 Å². The molecule has 8 heteroatoms. The van der Waals surface area contributed by atoms with Crippen molar-refractivity contribution in [3.05, 3.63) is 53.6 Å². The van der Waals surface area contributed by atoms with E-state index >= 15 is 0 Å². The maximum atomic E-state index is 12.6. The first-order valence-corrected chi connectivity index (χ1v) is 9.50. The highest BCUT2D eigenvalue weighted by Gasteiger charge is 2.28. The van der Waals surface area contributed by atoms with E-state index in [1.165, 1.54) is 22.5 Å². The summed E-state index contributed by atoms with van der Waals surface area (Å²) in [4.78, 5) is 12.4. The van der Waals surface area contributed by atoms with Gasteiger partial charge >= 0.3 is 0 Å². The van der Waals surface area contributed by atoms with Gasteiger partial charge in [0, 0.05) is 18.8 Å². The standard InChI is InChI=1S/C18H17N3O4S/c19-12-13-3-5-14(6-4-13)20-18(23)16-11-15(7-8-17(16)22)26(24,25)21-9-1-2-10-21/h3-8,11,22H,1-2,9-10H2,(H,20,23). The predicted molar refractivity (Wildman–Crippen MR) is 95.2 cm³/mol. The number of phenolic OH excluding ortho intramolecular Hbond substituents is 1. The fraction of sp³-hybridized carbons (Fsp3) is 0.222. The van der Waals surface area contributed by atoms with Gasteiger partial charge in [0.25, 0.3) is 5.91 Å². The van der Waals surface area contributed by atoms with Crippen LogP contribution >= 0.6 is 0 Å². The van der Waals surface area contributed by atoms with E-state index in [2.05, 4.69) is 5.32 Å². The van der Waals surface area contributed by atoms with Gasteiger partial charge < -0.3 is 10.4 Å². The lowest BCUT2D eigenvalue weighted by Gasteiger charge is -2.16. The third-order valence-electron chi connectivity index (χ3n) is 4.19. The number of carbonyl (C=O) groups excluding carboxylic acids is 1. The lowest BCUT2D eigenvalue weighted by Crippen LogP contribution is -2.28. The molecule has 0 spiro atoms. The largest absolute Gasteiger partial charge is 0.507 e. The molecule has 0 aromatic heterocycles. The molecule has 1 aliphatic heterocycles. The Kier molecular flexibility index (Phi) is 4.93. The number of hydrogen-bond acceptors (Lipinski definition) is 5. The van der Waals surface area contributed by atoms with Crippen molar-refractivity contribution in [2.75, 3.05) is 18.4 Å². The highest BCUT2D eigenvalue weighted by Crippen LogP contribution is 2.26. The van der Waals surface area contributed by atoms with E-state index in [1.807, 2.05) is 6.07 Å². The van der Waals surface area contributed by atoms with Crippen LogP contribution in [0.1, 0.15) is 28.8 Å². The summed E-state index contributed by atoms with van der Waals surface area (Å²) in [6, 6.07) is 11.9. The van der Waals surface area contributed by atoms with Gasteiger partial charge in [-0.05, 0) is 55.3 Å². The van der Waals surface area contributed by atoms with Crippen molar-refractivity contribution < 1.29 is 18.3 Å². The first-order chi connectivity index (χ1) is 12.4. The second kappa shape index (κ2) is 7.15. The number of anilines is 1. The normalized spacial score (nSPS) is 14.7. The summed E-state index contributed by atoms with van der Waals surface area (Å²) in [6.45, 7) is 0.909. The molecular weight excluding hydrogens is 354 g/mol. The summed E-state index contributed by atoms with van der Waals surface area (Å²) in [6.07, 6.45) is 1.62. The zero-order chi connectivity index (χ0) is 18.7. The minimum atomic E-state index is -3.69. The molecule has 2 aromatic carbocycles. The van der Waals surface area contributed by atoms with Crippen LogP contribution in [-0.2, 0) is 10.0 Å². The van der Waals surface area contributed by atoms with Crippen LogP contribution in [0.4, 0.5) is 5.69 Å². The number of nitriles is 1. The highest BCUT2D eigenvalue weighted by molar-refractivity contribution is 7.89. The maximum Gasteiger partial charge on any atom is 0.259 e. The molecule has 0 unspecified atom stereocenters. The molecule has 1 amide bonds. The number of carbonyl (C=O) groups is 1. The first kappa shape index (κ1) is 17.9. The van der Waals surface area contributed by atoms with Crippen molar-refractivity contribution in [3.8, 4) is 11.8 Å². The van der Waals surface area contributed by atoms with Crippen molar-refractivity contribution in [2.45, 2.75) is 17.7 Å². The van der Waals surface area contributed by atoms with E-state index < -0.39 is 15.9 Å². The van der Waals surface area contributed by atoms with Crippen LogP contribution in [0.5, 0.6) is 5.75 Å². The van der Waals surface area contributed by atoms with Crippen LogP contribution in [0, 0.1) is 11.3 Å². The first-order valence-electron chi connectivity index (χ1n) is 8.06. The highest BCUT2D eigenvalue weighted by atomic mass is 32.2. The second-order valence-electron chi connectivity index (χ2n) is 5.93. The number of rotatable bonds is 4. The second-order valence-corrected chi connectivity index (χ2v) is 7.87. The fourth-order valence-electron chi connectivity index (χ4n) is 2.76. The monoisotopic (exact) mass is 371 g/mol. The molecule has 3 rings (SSSR count). The Balaban J connectivity index is 1.87. The predicted octanol–water partition coefficient (Wildman–Crippen LogP) is 2.30. The fourth-order valence-corrected chi connectivity index (χ4v) is 4.31. The lowest BCUT2D eigenvalue weighted by molar-refractivity contribution is 0.102. The summed E-state index contributed by atoms with van der Waals surface area (Å²) >= 11 is 0. The average Bonchev–Trinajstić information content (AvgIpc) is 3.18. The Hall–Kier alpha value is -2.89. The summed E-state index contributed by atoms with van der Waals surface area (Å²) in [5.41, 5.74) is 0.750. The number of sulfonamides is 1. The van der Waals surface area contributed by atoms with Crippen LogP contribution in [0.15, 0.2) is 47.4 Å². The third-order valence-corrected chi connectivity index (χ3v) is 6.08. The molecule has 2 aromatic rings. The van der Waals surface area contributed by atoms with E-state index in [9.17, 15) is 18.3 Å². The van der Waals surface area contributed by atoms with Gasteiger partial charge in [-0.25, -0.2) is 8.42 Å². The molecule has 0 atom stereocenters. The molecule has 26 heavy (non-hydrogen) atoms. The van der Waals surface area contributed by atoms with Crippen LogP contribution in [0.3, 0.4) is 0 Å². The number of aromatic hydroxyl groups is 1. The SMILES string of the molecule is N#Cc1ccc(NC(=O)c2cc(S(=O)(=O)N3CCCC3)ccc2O)cc1. The van der Waals surface area contributed by atoms with Gasteiger partial charge in [-0.1, -0.05) is 0 Å². The Morgan fingerprint density at radius 2 is 1.77 bits per heavy atom. The van der Waals surface area contributed by atoms with Crippen molar-refractivity contribution in [2.24, 2.45) is 0 Å². The molecule has 134 valence electrons. The molecule has 1 aliphatic rings. The van der Waals surface area contributed by atoms with E-state index in [4.69, 9.17) is 5.26 Å². The zero-order valence-electron chi connectivity index (χ0n) is 13.8. The summed E-state index contributed by atoms with van der Waals surface area (Å²) in [7, 11) is -3.69. The van der Waals surface area contributed by atoms with Crippen LogP contribution in [-0.4, -0.2) is 36.8 Å². The molecule has 1 saturated heterocycles. The summed E-state index contributed by atoms with van der Waals surface area (Å²) in [5, 5.41) is 21.4. The molecular formula is C18H17N3O4S. The Morgan fingerprint density at radius 1 is 1.12 bits per heavy atom. The van der Waals surface area contributed by atoms with E-state index in [-0.39, 0.29) is 16.2 Å². The van der Waals surface area contributed by atoms with Crippen molar-refractivity contribution in [1.82, 2.24) is 4.31 Å². The number of amides is 1. The van der Waals surface area contributed by atoms with E-state index in [0.717, 1.165) is 12.8 Å². The molecule has 1 heterocycles. The van der Waals surface area contributed by atoms with E-state index in [1.54, 1.807) is 24.3 Å². The summed E-state index contributed by atoms with van der Waals surface area (Å²) in [5.74, 6) is -0.942. The van der Waals surface area contributed by atoms with Gasteiger partial charge in [-0.15, -0.1) is 0 Å². The molecule has 1 fully saturated rings. The number of nitrogens with one attached hydrogen (secondary N) is 1. The van der Waals surface area contributed by atoms with Gasteiger partial charge in [0.15, 0.2) is 0 Å². The number of nitrogens with zero attached hydrogens (tertiary/aromatic N) is 2. The van der Waals surface area contributed by atoms with Gasteiger partial charge in [-0.2, -0.15) is 9.57 Å². The topological polar surface area (TPSA) is 110 Å². The minimum Gasteiger partial charge on any atom is -0.507 e. The Bertz CT molecular complexity index is 972. The van der Waals surface area contributed by atoms with Crippen LogP contribution < -0.4 is 5.32 Å². The third kappa shape index (κ3) is 3.54. The molecule has 0 bridgehead atoms. The number of phenols is 1. The minimum absolute atomic E-state index is 0.0258. The maximum absolute atomic E-state index is 12.6. The molecule has 0 saturated carbocycles. The Labute approximate surface area is 151 Å². The zero-order valence-corrected chi connectivity index (χ0v) is 14.7. The quantitative estimate of drug-likeness (QED) is 0.857.